The number of carboxylic acids is 1. The Morgan fingerprint density at radius 2 is 1.89 bits per heavy atom. The number of rotatable bonds is 5. The maximum atomic E-state index is 13.5. The summed E-state index contributed by atoms with van der Waals surface area (Å²) in [7, 11) is 0. The number of carbonyl (C=O) groups is 2. The summed E-state index contributed by atoms with van der Waals surface area (Å²) in [5.41, 5.74) is -1.72. The number of alkyl halides is 3. The van der Waals surface area contributed by atoms with E-state index < -0.39 is 34.8 Å². The molecule has 9 heteroatoms. The Balaban J connectivity index is 2.30. The van der Waals surface area contributed by atoms with E-state index in [2.05, 4.69) is 10.4 Å². The van der Waals surface area contributed by atoms with Gasteiger partial charge in [-0.3, -0.25) is 14.3 Å². The smallest absolute Gasteiger partial charge is 0.433 e. The van der Waals surface area contributed by atoms with Gasteiger partial charge in [-0.25, -0.2) is 0 Å². The van der Waals surface area contributed by atoms with Crippen LogP contribution in [0.25, 0.3) is 0 Å². The van der Waals surface area contributed by atoms with Crippen molar-refractivity contribution < 1.29 is 27.9 Å². The number of nitrogens with zero attached hydrogens (tertiary/aromatic N) is 2. The van der Waals surface area contributed by atoms with Crippen LogP contribution in [0.3, 0.4) is 0 Å². The summed E-state index contributed by atoms with van der Waals surface area (Å²) in [4.78, 5) is 23.1. The van der Waals surface area contributed by atoms with E-state index in [0.717, 1.165) is 10.9 Å². The van der Waals surface area contributed by atoms with Crippen LogP contribution in [0.1, 0.15) is 48.8 Å². The van der Waals surface area contributed by atoms with Gasteiger partial charge in [0.05, 0.1) is 17.3 Å². The number of carboxylic acid groups (broad SMARTS) is 1. The lowest BCUT2D eigenvalue weighted by Crippen LogP contribution is -2.30. The summed E-state index contributed by atoms with van der Waals surface area (Å²) in [6.07, 6.45) is -3.69. The molecule has 1 amide bonds. The molecule has 0 aliphatic carbocycles. The topological polar surface area (TPSA) is 84.2 Å². The van der Waals surface area contributed by atoms with Gasteiger partial charge >= 0.3 is 12.1 Å². The number of amides is 1. The summed E-state index contributed by atoms with van der Waals surface area (Å²) in [6.45, 7) is 4.68. The number of halogens is 3. The van der Waals surface area contributed by atoms with Gasteiger partial charge in [0.2, 0.25) is 0 Å². The molecule has 6 nitrogen and oxygen atoms in total. The molecule has 0 radical (unpaired) electrons. The standard InChI is InChI=1S/C18H20F3N3O3/c1-17(2,3)24-15(18(19,20)21)13(10-22-24)16(27)23-12-6-4-5-11(9-12)7-8-14(25)26/h4-6,9-10H,7-8H2,1-3H3,(H,23,27)(H,25,26). The second kappa shape index (κ2) is 7.42. The highest BCUT2D eigenvalue weighted by Crippen LogP contribution is 2.35. The highest BCUT2D eigenvalue weighted by molar-refractivity contribution is 6.05. The monoisotopic (exact) mass is 383 g/mol. The zero-order chi connectivity index (χ0) is 20.4. The van der Waals surface area contributed by atoms with Crippen LogP contribution < -0.4 is 5.32 Å². The number of nitrogens with one attached hydrogen (secondary N) is 1. The molecule has 1 aromatic carbocycles. The van der Waals surface area contributed by atoms with E-state index >= 15 is 0 Å². The van der Waals surface area contributed by atoms with Gasteiger partial charge in [-0.1, -0.05) is 12.1 Å². The van der Waals surface area contributed by atoms with Gasteiger partial charge < -0.3 is 10.4 Å². The first kappa shape index (κ1) is 20.5. The van der Waals surface area contributed by atoms with E-state index in [9.17, 15) is 22.8 Å². The van der Waals surface area contributed by atoms with Crippen molar-refractivity contribution in [1.82, 2.24) is 9.78 Å². The van der Waals surface area contributed by atoms with Gasteiger partial charge in [0.1, 0.15) is 0 Å². The minimum absolute atomic E-state index is 0.0893. The molecule has 0 aliphatic heterocycles. The van der Waals surface area contributed by atoms with Gasteiger partial charge in [-0.05, 0) is 44.9 Å². The SMILES string of the molecule is CC(C)(C)n1ncc(C(=O)Nc2cccc(CCC(=O)O)c2)c1C(F)(F)F. The third-order valence-electron chi connectivity index (χ3n) is 3.73. The number of aliphatic carboxylic acids is 1. The summed E-state index contributed by atoms with van der Waals surface area (Å²) >= 11 is 0. The number of anilines is 1. The third kappa shape index (κ3) is 5.08. The first-order valence-electron chi connectivity index (χ1n) is 8.17. The molecule has 0 bridgehead atoms. The number of aryl methyl sites for hydroxylation is 1. The van der Waals surface area contributed by atoms with Crippen LogP contribution in [0.5, 0.6) is 0 Å². The summed E-state index contributed by atoms with van der Waals surface area (Å²) in [5, 5.41) is 14.9. The minimum atomic E-state index is -4.75. The lowest BCUT2D eigenvalue weighted by molar-refractivity contribution is -0.146. The van der Waals surface area contributed by atoms with Crippen LogP contribution in [0, 0.1) is 0 Å². The van der Waals surface area contributed by atoms with Crippen molar-refractivity contribution >= 4 is 17.6 Å². The van der Waals surface area contributed by atoms with Crippen LogP contribution in [0.4, 0.5) is 18.9 Å². The van der Waals surface area contributed by atoms with Gasteiger partial charge in [-0.2, -0.15) is 18.3 Å². The first-order chi connectivity index (χ1) is 12.4. The number of carbonyl (C=O) groups excluding carboxylic acids is 1. The molecule has 0 spiro atoms. The molecule has 0 atom stereocenters. The number of hydrogen-bond donors (Lipinski definition) is 2. The van der Waals surface area contributed by atoms with Crippen LogP contribution in [-0.4, -0.2) is 26.8 Å². The highest BCUT2D eigenvalue weighted by Gasteiger charge is 2.42. The Morgan fingerprint density at radius 3 is 2.44 bits per heavy atom. The summed E-state index contributed by atoms with van der Waals surface area (Å²) in [6, 6.07) is 6.32. The Bertz CT molecular complexity index is 852. The fourth-order valence-corrected chi connectivity index (χ4v) is 2.55. The molecule has 2 rings (SSSR count). The Kier molecular flexibility index (Phi) is 5.62. The number of hydrogen-bond acceptors (Lipinski definition) is 3. The lowest BCUT2D eigenvalue weighted by Gasteiger charge is -2.23. The zero-order valence-corrected chi connectivity index (χ0v) is 15.1. The molecule has 0 saturated heterocycles. The summed E-state index contributed by atoms with van der Waals surface area (Å²) < 4.78 is 41.3. The molecule has 0 saturated carbocycles. The molecule has 1 aromatic heterocycles. The van der Waals surface area contributed by atoms with Crippen molar-refractivity contribution in [2.24, 2.45) is 0 Å². The van der Waals surface area contributed by atoms with Gasteiger partial charge in [0.25, 0.3) is 5.91 Å². The van der Waals surface area contributed by atoms with Crippen LogP contribution in [0.15, 0.2) is 30.5 Å². The van der Waals surface area contributed by atoms with Crippen molar-refractivity contribution in [3.63, 3.8) is 0 Å². The van der Waals surface area contributed by atoms with Crippen molar-refractivity contribution in [3.8, 4) is 0 Å². The molecule has 0 fully saturated rings. The van der Waals surface area contributed by atoms with E-state index in [1.54, 1.807) is 32.9 Å². The Labute approximate surface area is 154 Å². The second-order valence-corrected chi connectivity index (χ2v) is 7.04. The van der Waals surface area contributed by atoms with E-state index in [0.29, 0.717) is 5.56 Å². The van der Waals surface area contributed by atoms with Crippen molar-refractivity contribution in [2.45, 2.75) is 45.3 Å². The number of aromatic nitrogens is 2. The molecule has 1 heterocycles. The number of benzene rings is 1. The summed E-state index contributed by atoms with van der Waals surface area (Å²) in [5.74, 6) is -1.90. The Morgan fingerprint density at radius 1 is 1.22 bits per heavy atom. The van der Waals surface area contributed by atoms with Gasteiger partial charge in [0, 0.05) is 12.1 Å². The average molecular weight is 383 g/mol. The van der Waals surface area contributed by atoms with Crippen LogP contribution >= 0.6 is 0 Å². The van der Waals surface area contributed by atoms with Crippen molar-refractivity contribution in [2.75, 3.05) is 5.32 Å². The maximum absolute atomic E-state index is 13.5. The predicted octanol–water partition coefficient (Wildman–Crippen LogP) is 3.93. The van der Waals surface area contributed by atoms with Crippen LogP contribution in [0.2, 0.25) is 0 Å². The quantitative estimate of drug-likeness (QED) is 0.820. The normalized spacial score (nSPS) is 12.1. The van der Waals surface area contributed by atoms with Crippen molar-refractivity contribution in [1.29, 1.82) is 0 Å². The highest BCUT2D eigenvalue weighted by atomic mass is 19.4. The molecular formula is C18H20F3N3O3. The minimum Gasteiger partial charge on any atom is -0.481 e. The van der Waals surface area contributed by atoms with Gasteiger partial charge in [0.15, 0.2) is 5.69 Å². The molecule has 27 heavy (non-hydrogen) atoms. The largest absolute Gasteiger partial charge is 0.481 e. The average Bonchev–Trinajstić information content (AvgIpc) is 2.99. The van der Waals surface area contributed by atoms with E-state index in [-0.39, 0.29) is 18.5 Å². The fourth-order valence-electron chi connectivity index (χ4n) is 2.55. The molecule has 0 unspecified atom stereocenters. The second-order valence-electron chi connectivity index (χ2n) is 7.04. The molecule has 146 valence electrons. The third-order valence-corrected chi connectivity index (χ3v) is 3.73. The maximum Gasteiger partial charge on any atom is 0.433 e. The van der Waals surface area contributed by atoms with E-state index in [1.807, 2.05) is 0 Å². The van der Waals surface area contributed by atoms with E-state index in [1.165, 1.54) is 12.1 Å². The zero-order valence-electron chi connectivity index (χ0n) is 15.1. The molecule has 0 aliphatic rings. The van der Waals surface area contributed by atoms with E-state index in [4.69, 9.17) is 5.11 Å². The Hall–Kier alpha value is -2.84. The molecular weight excluding hydrogens is 363 g/mol. The fraction of sp³-hybridized carbons (Fsp3) is 0.389. The lowest BCUT2D eigenvalue weighted by atomic mass is 10.1. The first-order valence-corrected chi connectivity index (χ1v) is 8.17. The van der Waals surface area contributed by atoms with Gasteiger partial charge in [-0.15, -0.1) is 0 Å². The van der Waals surface area contributed by atoms with Crippen molar-refractivity contribution in [3.05, 3.63) is 47.3 Å². The molecule has 2 aromatic rings. The molecule has 2 N–H and O–H groups in total. The van der Waals surface area contributed by atoms with Crippen LogP contribution in [-0.2, 0) is 22.9 Å². The predicted molar refractivity (Wildman–Crippen MR) is 92.6 cm³/mol.